The van der Waals surface area contributed by atoms with Crippen LogP contribution in [0.3, 0.4) is 0 Å². The van der Waals surface area contributed by atoms with Gasteiger partial charge in [-0.05, 0) is 24.6 Å². The number of hydrogen-bond donors (Lipinski definition) is 3. The predicted octanol–water partition coefficient (Wildman–Crippen LogP) is 2.48. The molecular weight excluding hydrogens is 262 g/mol. The molecule has 106 valence electrons. The fourth-order valence-corrected chi connectivity index (χ4v) is 1.65. The highest BCUT2D eigenvalue weighted by atomic mass is 19.1. The summed E-state index contributed by atoms with van der Waals surface area (Å²) in [6.07, 6.45) is 0. The Bertz CT molecular complexity index is 572. The molecule has 2 aromatic rings. The van der Waals surface area contributed by atoms with Gasteiger partial charge in [-0.1, -0.05) is 29.8 Å². The van der Waals surface area contributed by atoms with Crippen molar-refractivity contribution in [3.8, 4) is 0 Å². The van der Waals surface area contributed by atoms with E-state index in [2.05, 4.69) is 11.0 Å². The second-order valence-corrected chi connectivity index (χ2v) is 4.47. The third kappa shape index (κ3) is 3.99. The summed E-state index contributed by atoms with van der Waals surface area (Å²) in [7, 11) is 0. The van der Waals surface area contributed by atoms with E-state index in [0.29, 0.717) is 6.54 Å². The van der Waals surface area contributed by atoms with Gasteiger partial charge in [0.25, 0.3) is 0 Å². The predicted molar refractivity (Wildman–Crippen MR) is 74.0 cm³/mol. The molecule has 0 bridgehead atoms. The molecule has 2 aromatic carbocycles. The van der Waals surface area contributed by atoms with E-state index >= 15 is 0 Å². The van der Waals surface area contributed by atoms with Crippen molar-refractivity contribution in [1.29, 1.82) is 0 Å². The molecule has 0 heterocycles. The van der Waals surface area contributed by atoms with E-state index in [1.807, 2.05) is 31.2 Å². The number of halogens is 2. The number of hydrogen-bond acceptors (Lipinski definition) is 4. The van der Waals surface area contributed by atoms with Crippen LogP contribution >= 0.6 is 0 Å². The van der Waals surface area contributed by atoms with Gasteiger partial charge in [-0.3, -0.25) is 5.84 Å². The molecule has 0 unspecified atom stereocenters. The van der Waals surface area contributed by atoms with E-state index < -0.39 is 11.6 Å². The zero-order valence-electron chi connectivity index (χ0n) is 11.0. The standard InChI is InChI=1S/C14H16F2N4/c1-10-2-4-11(5-3-10)9-20(17)19-18-14-7-6-12(15)8-13(14)16/h2-8,18-19H,9,17H2,1H3. The van der Waals surface area contributed by atoms with Crippen LogP contribution in [0.15, 0.2) is 42.5 Å². The number of nitrogens with zero attached hydrogens (tertiary/aromatic N) is 1. The van der Waals surface area contributed by atoms with Gasteiger partial charge < -0.3 is 5.43 Å². The maximum atomic E-state index is 13.4. The second-order valence-electron chi connectivity index (χ2n) is 4.47. The molecule has 4 nitrogen and oxygen atoms in total. The number of aryl methyl sites for hydroxylation is 1. The fourth-order valence-electron chi connectivity index (χ4n) is 1.65. The third-order valence-corrected chi connectivity index (χ3v) is 2.74. The number of rotatable bonds is 5. The molecule has 2 rings (SSSR count). The molecule has 4 N–H and O–H groups in total. The molecule has 0 amide bonds. The molecule has 0 saturated carbocycles. The number of nitrogens with two attached hydrogens (primary N) is 1. The van der Waals surface area contributed by atoms with Gasteiger partial charge in [0.15, 0.2) is 5.82 Å². The lowest BCUT2D eigenvalue weighted by Crippen LogP contribution is -2.46. The van der Waals surface area contributed by atoms with Crippen molar-refractivity contribution in [3.63, 3.8) is 0 Å². The van der Waals surface area contributed by atoms with E-state index in [1.54, 1.807) is 0 Å². The summed E-state index contributed by atoms with van der Waals surface area (Å²) in [5, 5.41) is 1.27. The number of hydrazine groups is 3. The summed E-state index contributed by atoms with van der Waals surface area (Å²) in [5.74, 6) is 4.41. The van der Waals surface area contributed by atoms with Crippen molar-refractivity contribution < 1.29 is 8.78 Å². The zero-order valence-corrected chi connectivity index (χ0v) is 11.0. The van der Waals surface area contributed by atoms with Crippen LogP contribution in [0, 0.1) is 18.6 Å². The summed E-state index contributed by atoms with van der Waals surface area (Å²) in [6, 6.07) is 11.1. The van der Waals surface area contributed by atoms with Gasteiger partial charge in [0.2, 0.25) is 0 Å². The van der Waals surface area contributed by atoms with Crippen molar-refractivity contribution in [2.75, 3.05) is 5.43 Å². The lowest BCUT2D eigenvalue weighted by molar-refractivity contribution is 0.202. The first-order chi connectivity index (χ1) is 9.54. The molecule has 0 aliphatic rings. The molecule has 20 heavy (non-hydrogen) atoms. The second kappa shape index (κ2) is 6.42. The highest BCUT2D eigenvalue weighted by Gasteiger charge is 2.05. The highest BCUT2D eigenvalue weighted by molar-refractivity contribution is 5.43. The lowest BCUT2D eigenvalue weighted by atomic mass is 10.1. The van der Waals surface area contributed by atoms with Crippen LogP contribution in [0.4, 0.5) is 14.5 Å². The first-order valence-corrected chi connectivity index (χ1v) is 6.09. The summed E-state index contributed by atoms with van der Waals surface area (Å²) in [5.41, 5.74) is 7.49. The summed E-state index contributed by atoms with van der Waals surface area (Å²) >= 11 is 0. The molecule has 0 saturated heterocycles. The topological polar surface area (TPSA) is 53.3 Å². The Hall–Kier alpha value is -2.02. The summed E-state index contributed by atoms with van der Waals surface area (Å²) in [4.78, 5) is 0. The first kappa shape index (κ1) is 14.4. The van der Waals surface area contributed by atoms with E-state index in [1.165, 1.54) is 11.2 Å². The van der Waals surface area contributed by atoms with Crippen molar-refractivity contribution in [3.05, 3.63) is 65.2 Å². The average molecular weight is 278 g/mol. The van der Waals surface area contributed by atoms with Crippen LogP contribution in [0.1, 0.15) is 11.1 Å². The van der Waals surface area contributed by atoms with Gasteiger partial charge in [-0.25, -0.2) is 8.78 Å². The Morgan fingerprint density at radius 2 is 1.80 bits per heavy atom. The van der Waals surface area contributed by atoms with E-state index in [-0.39, 0.29) is 5.69 Å². The Morgan fingerprint density at radius 3 is 2.45 bits per heavy atom. The van der Waals surface area contributed by atoms with Crippen molar-refractivity contribution in [1.82, 2.24) is 10.7 Å². The van der Waals surface area contributed by atoms with Crippen LogP contribution in [-0.4, -0.2) is 5.12 Å². The molecular formula is C14H16F2N4. The Kier molecular flexibility index (Phi) is 4.62. The number of benzene rings is 2. The van der Waals surface area contributed by atoms with Gasteiger partial charge in [-0.15, -0.1) is 0 Å². The van der Waals surface area contributed by atoms with Gasteiger partial charge in [-0.2, -0.15) is 10.7 Å². The number of anilines is 1. The minimum Gasteiger partial charge on any atom is -0.304 e. The molecule has 0 aromatic heterocycles. The van der Waals surface area contributed by atoms with Crippen molar-refractivity contribution in [2.45, 2.75) is 13.5 Å². The van der Waals surface area contributed by atoms with Gasteiger partial charge in [0.1, 0.15) is 5.82 Å². The molecule has 0 aliphatic carbocycles. The fraction of sp³-hybridized carbons (Fsp3) is 0.143. The first-order valence-electron chi connectivity index (χ1n) is 6.09. The van der Waals surface area contributed by atoms with Crippen LogP contribution in [0.2, 0.25) is 0 Å². The Balaban J connectivity index is 1.88. The van der Waals surface area contributed by atoms with Crippen LogP contribution in [-0.2, 0) is 6.54 Å². The summed E-state index contributed by atoms with van der Waals surface area (Å²) in [6.45, 7) is 2.43. The van der Waals surface area contributed by atoms with Gasteiger partial charge in [0.05, 0.1) is 12.2 Å². The summed E-state index contributed by atoms with van der Waals surface area (Å²) < 4.78 is 26.1. The minimum atomic E-state index is -0.693. The molecule has 6 heteroatoms. The van der Waals surface area contributed by atoms with Crippen molar-refractivity contribution in [2.24, 2.45) is 5.84 Å². The van der Waals surface area contributed by atoms with Crippen LogP contribution < -0.4 is 16.8 Å². The maximum absolute atomic E-state index is 13.4. The molecule has 0 aliphatic heterocycles. The molecule has 0 fully saturated rings. The average Bonchev–Trinajstić information content (AvgIpc) is 2.40. The minimum absolute atomic E-state index is 0.116. The maximum Gasteiger partial charge on any atom is 0.150 e. The Labute approximate surface area is 116 Å². The van der Waals surface area contributed by atoms with E-state index in [0.717, 1.165) is 23.3 Å². The largest absolute Gasteiger partial charge is 0.304 e. The van der Waals surface area contributed by atoms with Crippen molar-refractivity contribution >= 4 is 5.69 Å². The lowest BCUT2D eigenvalue weighted by Gasteiger charge is -2.19. The van der Waals surface area contributed by atoms with E-state index in [4.69, 9.17) is 5.84 Å². The SMILES string of the molecule is Cc1ccc(CN(N)NNc2ccc(F)cc2F)cc1. The normalized spacial score (nSPS) is 10.8. The molecule has 0 spiro atoms. The zero-order chi connectivity index (χ0) is 14.5. The van der Waals surface area contributed by atoms with E-state index in [9.17, 15) is 8.78 Å². The third-order valence-electron chi connectivity index (χ3n) is 2.74. The van der Waals surface area contributed by atoms with Crippen LogP contribution in [0.25, 0.3) is 0 Å². The Morgan fingerprint density at radius 1 is 1.10 bits per heavy atom. The smallest absolute Gasteiger partial charge is 0.150 e. The molecule has 0 radical (unpaired) electrons. The molecule has 0 atom stereocenters. The van der Waals surface area contributed by atoms with Gasteiger partial charge >= 0.3 is 0 Å². The highest BCUT2D eigenvalue weighted by Crippen LogP contribution is 2.13. The van der Waals surface area contributed by atoms with Crippen LogP contribution in [0.5, 0.6) is 0 Å². The van der Waals surface area contributed by atoms with Gasteiger partial charge in [0, 0.05) is 6.07 Å². The quantitative estimate of drug-likeness (QED) is 0.581. The number of nitrogens with one attached hydrogen (secondary N) is 2. The monoisotopic (exact) mass is 278 g/mol.